The zero-order chi connectivity index (χ0) is 11.1. The Balaban J connectivity index is 1.49. The zero-order valence-electron chi connectivity index (χ0n) is 9.77. The molecule has 0 aromatic heterocycles. The monoisotopic (exact) mass is 225 g/mol. The van der Waals surface area contributed by atoms with Crippen LogP contribution in [0.15, 0.2) is 12.2 Å². The number of ether oxygens (including phenoxy) is 3. The summed E-state index contributed by atoms with van der Waals surface area (Å²) in [4.78, 5) is 0. The fourth-order valence-electron chi connectivity index (χ4n) is 2.05. The fraction of sp³-hybridized carbons (Fsp3) is 0.769. The second-order valence-corrected chi connectivity index (χ2v) is 4.32. The first kappa shape index (κ1) is 12.1. The molecule has 16 heavy (non-hydrogen) atoms. The molecule has 0 spiro atoms. The number of hydrogen-bond acceptors (Lipinski definition) is 3. The second kappa shape index (κ2) is 7.05. The lowest BCUT2D eigenvalue weighted by atomic mass is 10.1. The van der Waals surface area contributed by atoms with Gasteiger partial charge in [-0.05, 0) is 25.7 Å². The smallest absolute Gasteiger partial charge is 0.0810 e. The van der Waals surface area contributed by atoms with Crippen LogP contribution in [0.2, 0.25) is 0 Å². The molecule has 1 heterocycles. The molecular weight excluding hydrogens is 204 g/mol. The number of allylic oxidation sites excluding steroid dienone is 1. The van der Waals surface area contributed by atoms with Crippen molar-refractivity contribution in [1.82, 2.24) is 0 Å². The van der Waals surface area contributed by atoms with Crippen molar-refractivity contribution in [2.45, 2.75) is 37.9 Å². The van der Waals surface area contributed by atoms with Gasteiger partial charge in [0.15, 0.2) is 0 Å². The number of hydrogen-bond donors (Lipinski definition) is 0. The first-order valence-electron chi connectivity index (χ1n) is 6.26. The van der Waals surface area contributed by atoms with Crippen molar-refractivity contribution in [2.24, 2.45) is 0 Å². The molecule has 0 saturated carbocycles. The summed E-state index contributed by atoms with van der Waals surface area (Å²) in [6, 6.07) is 0. The molecule has 1 saturated heterocycles. The summed E-state index contributed by atoms with van der Waals surface area (Å²) >= 11 is 0. The molecular formula is C13H21O3. The Labute approximate surface area is 97.8 Å². The maximum absolute atomic E-state index is 5.70. The van der Waals surface area contributed by atoms with E-state index < -0.39 is 0 Å². The largest absolute Gasteiger partial charge is 0.379 e. The van der Waals surface area contributed by atoms with Crippen molar-refractivity contribution in [1.29, 1.82) is 0 Å². The van der Waals surface area contributed by atoms with Gasteiger partial charge in [-0.25, -0.2) is 0 Å². The van der Waals surface area contributed by atoms with E-state index in [-0.39, 0.29) is 12.2 Å². The molecule has 0 bridgehead atoms. The zero-order valence-corrected chi connectivity index (χ0v) is 9.77. The third-order valence-corrected chi connectivity index (χ3v) is 2.97. The van der Waals surface area contributed by atoms with Crippen LogP contribution in [0.25, 0.3) is 0 Å². The van der Waals surface area contributed by atoms with E-state index in [9.17, 15) is 0 Å². The highest BCUT2D eigenvalue weighted by molar-refractivity contribution is 5.04. The molecule has 2 unspecified atom stereocenters. The van der Waals surface area contributed by atoms with E-state index in [1.165, 1.54) is 0 Å². The van der Waals surface area contributed by atoms with Gasteiger partial charge in [-0.15, -0.1) is 0 Å². The van der Waals surface area contributed by atoms with Crippen LogP contribution < -0.4 is 0 Å². The molecule has 0 N–H and O–H groups in total. The van der Waals surface area contributed by atoms with Crippen LogP contribution >= 0.6 is 0 Å². The Morgan fingerprint density at radius 1 is 1.19 bits per heavy atom. The van der Waals surface area contributed by atoms with Gasteiger partial charge in [0.25, 0.3) is 0 Å². The van der Waals surface area contributed by atoms with Gasteiger partial charge in [0.2, 0.25) is 0 Å². The van der Waals surface area contributed by atoms with Gasteiger partial charge in [-0.3, -0.25) is 0 Å². The van der Waals surface area contributed by atoms with Crippen LogP contribution in [0.5, 0.6) is 0 Å². The minimum absolute atomic E-state index is 0.285. The standard InChI is InChI=1S/C13H21O3/c1-2-5-12(6-3-1)15-9-10-16-13-7-4-8-14-11-13/h1-2,5,12-13H,3-4,6-11H2. The Hall–Kier alpha value is -0.380. The average molecular weight is 225 g/mol. The van der Waals surface area contributed by atoms with Gasteiger partial charge >= 0.3 is 0 Å². The van der Waals surface area contributed by atoms with E-state index in [0.29, 0.717) is 13.2 Å². The molecule has 1 fully saturated rings. The van der Waals surface area contributed by atoms with Crippen molar-refractivity contribution in [3.05, 3.63) is 18.6 Å². The molecule has 3 heteroatoms. The Morgan fingerprint density at radius 2 is 2.12 bits per heavy atom. The fourth-order valence-corrected chi connectivity index (χ4v) is 2.05. The Morgan fingerprint density at radius 3 is 2.88 bits per heavy atom. The lowest BCUT2D eigenvalue weighted by Crippen LogP contribution is -2.27. The van der Waals surface area contributed by atoms with E-state index in [1.54, 1.807) is 0 Å². The van der Waals surface area contributed by atoms with Crippen molar-refractivity contribution in [2.75, 3.05) is 26.4 Å². The SMILES string of the molecule is [CH]1C=CCCC1OCCOC1CCCOC1. The van der Waals surface area contributed by atoms with Crippen LogP contribution in [-0.4, -0.2) is 38.6 Å². The molecule has 2 rings (SSSR count). The summed E-state index contributed by atoms with van der Waals surface area (Å²) in [5, 5.41) is 0. The lowest BCUT2D eigenvalue weighted by molar-refractivity contribution is -0.0706. The third-order valence-electron chi connectivity index (χ3n) is 2.97. The van der Waals surface area contributed by atoms with E-state index in [4.69, 9.17) is 14.2 Å². The van der Waals surface area contributed by atoms with Crippen LogP contribution in [0, 0.1) is 6.42 Å². The van der Waals surface area contributed by atoms with Crippen molar-refractivity contribution in [3.63, 3.8) is 0 Å². The molecule has 91 valence electrons. The Bertz CT molecular complexity index is 209. The highest BCUT2D eigenvalue weighted by atomic mass is 16.6. The summed E-state index contributed by atoms with van der Waals surface area (Å²) in [6.07, 6.45) is 11.4. The molecule has 1 radical (unpaired) electrons. The normalized spacial score (nSPS) is 30.5. The first-order valence-corrected chi connectivity index (χ1v) is 6.26. The van der Waals surface area contributed by atoms with Gasteiger partial charge < -0.3 is 14.2 Å². The van der Waals surface area contributed by atoms with Gasteiger partial charge in [0.05, 0.1) is 32.0 Å². The summed E-state index contributed by atoms with van der Waals surface area (Å²) in [6.45, 7) is 3.01. The predicted molar refractivity (Wildman–Crippen MR) is 62.2 cm³/mol. The van der Waals surface area contributed by atoms with Crippen molar-refractivity contribution < 1.29 is 14.2 Å². The van der Waals surface area contributed by atoms with E-state index >= 15 is 0 Å². The Kier molecular flexibility index (Phi) is 5.32. The maximum atomic E-state index is 5.70. The number of rotatable bonds is 5. The molecule has 1 aliphatic heterocycles. The molecule has 0 aromatic carbocycles. The van der Waals surface area contributed by atoms with Crippen molar-refractivity contribution in [3.8, 4) is 0 Å². The molecule has 2 atom stereocenters. The quantitative estimate of drug-likeness (QED) is 0.671. The van der Waals surface area contributed by atoms with Crippen LogP contribution in [-0.2, 0) is 14.2 Å². The molecule has 2 aliphatic rings. The summed E-state index contributed by atoms with van der Waals surface area (Å²) in [5.74, 6) is 0. The average Bonchev–Trinajstić information content (AvgIpc) is 2.37. The molecule has 0 amide bonds. The topological polar surface area (TPSA) is 27.7 Å². The minimum Gasteiger partial charge on any atom is -0.379 e. The summed E-state index contributed by atoms with van der Waals surface area (Å²) < 4.78 is 16.7. The van der Waals surface area contributed by atoms with E-state index in [1.807, 2.05) is 0 Å². The van der Waals surface area contributed by atoms with Gasteiger partial charge in [-0.2, -0.15) is 0 Å². The lowest BCUT2D eigenvalue weighted by Gasteiger charge is -2.23. The molecule has 3 nitrogen and oxygen atoms in total. The third kappa shape index (κ3) is 4.24. The van der Waals surface area contributed by atoms with E-state index in [2.05, 4.69) is 18.6 Å². The van der Waals surface area contributed by atoms with Crippen LogP contribution in [0.1, 0.15) is 25.7 Å². The predicted octanol–water partition coefficient (Wildman–Crippen LogP) is 2.12. The summed E-state index contributed by atoms with van der Waals surface area (Å²) in [7, 11) is 0. The minimum atomic E-state index is 0.285. The van der Waals surface area contributed by atoms with Gasteiger partial charge in [0, 0.05) is 13.0 Å². The molecule has 1 aliphatic carbocycles. The van der Waals surface area contributed by atoms with Gasteiger partial charge in [0.1, 0.15) is 0 Å². The molecule has 0 aromatic rings. The maximum Gasteiger partial charge on any atom is 0.0810 e. The highest BCUT2D eigenvalue weighted by Crippen LogP contribution is 2.13. The van der Waals surface area contributed by atoms with Crippen molar-refractivity contribution >= 4 is 0 Å². The summed E-state index contributed by atoms with van der Waals surface area (Å²) in [5.41, 5.74) is 0. The second-order valence-electron chi connectivity index (χ2n) is 4.32. The van der Waals surface area contributed by atoms with Gasteiger partial charge in [-0.1, -0.05) is 12.2 Å². The van der Waals surface area contributed by atoms with E-state index in [0.717, 1.165) is 38.9 Å². The van der Waals surface area contributed by atoms with Crippen LogP contribution in [0.3, 0.4) is 0 Å². The highest BCUT2D eigenvalue weighted by Gasteiger charge is 2.14. The van der Waals surface area contributed by atoms with Crippen LogP contribution in [0.4, 0.5) is 0 Å². The first-order chi connectivity index (χ1) is 7.95.